The fraction of sp³-hybridized carbons (Fsp3) is 0.923. The molecule has 5 heteroatoms. The second-order valence-electron chi connectivity index (χ2n) is 5.31. The highest BCUT2D eigenvalue weighted by molar-refractivity contribution is 7.99. The van der Waals surface area contributed by atoms with E-state index < -0.39 is 0 Å². The number of nitrogens with one attached hydrogen (secondary N) is 2. The molecule has 2 rings (SSSR count). The summed E-state index contributed by atoms with van der Waals surface area (Å²) in [6, 6.07) is 0.0481. The minimum atomic E-state index is 0. The van der Waals surface area contributed by atoms with Crippen molar-refractivity contribution in [3.05, 3.63) is 0 Å². The molecule has 2 fully saturated rings. The Labute approximate surface area is 121 Å². The molecule has 0 bridgehead atoms. The maximum Gasteiger partial charge on any atom is 0.238 e. The number of halogens is 1. The number of carbonyl (C=O) groups is 1. The summed E-state index contributed by atoms with van der Waals surface area (Å²) < 4.78 is 0. The lowest BCUT2D eigenvalue weighted by molar-refractivity contribution is -0.122. The zero-order valence-electron chi connectivity index (χ0n) is 11.1. The van der Waals surface area contributed by atoms with Crippen molar-refractivity contribution in [3.63, 3.8) is 0 Å². The largest absolute Gasteiger partial charge is 0.354 e. The van der Waals surface area contributed by atoms with Crippen molar-refractivity contribution in [2.75, 3.05) is 18.2 Å². The third kappa shape index (κ3) is 4.63. The van der Waals surface area contributed by atoms with Gasteiger partial charge in [-0.1, -0.05) is 26.2 Å². The van der Waals surface area contributed by atoms with E-state index in [4.69, 9.17) is 0 Å². The summed E-state index contributed by atoms with van der Waals surface area (Å²) in [4.78, 5) is 11.8. The van der Waals surface area contributed by atoms with Crippen molar-refractivity contribution in [1.82, 2.24) is 10.6 Å². The number of carbonyl (C=O) groups excluding carboxylic acids is 1. The van der Waals surface area contributed by atoms with Gasteiger partial charge in [0.15, 0.2) is 0 Å². The zero-order valence-corrected chi connectivity index (χ0v) is 12.7. The van der Waals surface area contributed by atoms with Crippen LogP contribution in [-0.2, 0) is 4.79 Å². The van der Waals surface area contributed by atoms with Crippen molar-refractivity contribution >= 4 is 30.1 Å². The lowest BCUT2D eigenvalue weighted by Crippen LogP contribution is -2.43. The molecule has 0 aromatic rings. The quantitative estimate of drug-likeness (QED) is 0.836. The molecule has 0 aromatic carbocycles. The Morgan fingerprint density at radius 1 is 1.28 bits per heavy atom. The van der Waals surface area contributed by atoms with E-state index in [1.807, 2.05) is 0 Å². The first-order valence-electron chi connectivity index (χ1n) is 6.88. The fourth-order valence-corrected chi connectivity index (χ4v) is 3.72. The summed E-state index contributed by atoms with van der Waals surface area (Å²) in [7, 11) is 0. The Morgan fingerprint density at radius 2 is 1.94 bits per heavy atom. The molecule has 18 heavy (non-hydrogen) atoms. The monoisotopic (exact) mass is 292 g/mol. The van der Waals surface area contributed by atoms with Crippen molar-refractivity contribution in [3.8, 4) is 0 Å². The highest BCUT2D eigenvalue weighted by atomic mass is 35.5. The molecule has 106 valence electrons. The Morgan fingerprint density at radius 3 is 2.50 bits per heavy atom. The second-order valence-corrected chi connectivity index (χ2v) is 6.34. The van der Waals surface area contributed by atoms with Crippen LogP contribution in [-0.4, -0.2) is 30.1 Å². The smallest absolute Gasteiger partial charge is 0.238 e. The molecule has 1 aliphatic carbocycles. The van der Waals surface area contributed by atoms with Gasteiger partial charge in [0.1, 0.15) is 0 Å². The first kappa shape index (κ1) is 16.1. The van der Waals surface area contributed by atoms with Gasteiger partial charge in [0.05, 0.1) is 6.04 Å². The van der Waals surface area contributed by atoms with Crippen LogP contribution in [0.5, 0.6) is 0 Å². The lowest BCUT2D eigenvalue weighted by atomic mass is 9.81. The zero-order chi connectivity index (χ0) is 12.1. The second kappa shape index (κ2) is 8.28. The van der Waals surface area contributed by atoms with E-state index in [9.17, 15) is 4.79 Å². The summed E-state index contributed by atoms with van der Waals surface area (Å²) in [5, 5.41) is 6.32. The van der Waals surface area contributed by atoms with Crippen LogP contribution in [0.25, 0.3) is 0 Å². The van der Waals surface area contributed by atoms with Crippen LogP contribution in [0, 0.1) is 11.8 Å². The lowest BCUT2D eigenvalue weighted by Gasteiger charge is -2.28. The molecule has 0 radical (unpaired) electrons. The minimum absolute atomic E-state index is 0. The molecule has 2 N–H and O–H groups in total. The molecule has 1 heterocycles. The Hall–Kier alpha value is 0.0700. The fourth-order valence-electron chi connectivity index (χ4n) is 2.78. The SMILES string of the molecule is CCC1CCC(CNC(=O)C2CSCN2)CC1.Cl. The summed E-state index contributed by atoms with van der Waals surface area (Å²) in [5.74, 6) is 3.70. The predicted octanol–water partition coefficient (Wildman–Crippen LogP) is 2.40. The van der Waals surface area contributed by atoms with Gasteiger partial charge in [-0.05, 0) is 24.7 Å². The van der Waals surface area contributed by atoms with Crippen LogP contribution in [0.3, 0.4) is 0 Å². The summed E-state index contributed by atoms with van der Waals surface area (Å²) in [5.41, 5.74) is 0. The van der Waals surface area contributed by atoms with Gasteiger partial charge < -0.3 is 5.32 Å². The van der Waals surface area contributed by atoms with E-state index in [1.165, 1.54) is 32.1 Å². The average Bonchev–Trinajstić information content (AvgIpc) is 2.90. The maximum atomic E-state index is 11.8. The van der Waals surface area contributed by atoms with Gasteiger partial charge >= 0.3 is 0 Å². The van der Waals surface area contributed by atoms with Crippen LogP contribution in [0.2, 0.25) is 0 Å². The van der Waals surface area contributed by atoms with Gasteiger partial charge in [0.25, 0.3) is 0 Å². The van der Waals surface area contributed by atoms with Crippen molar-refractivity contribution in [2.24, 2.45) is 11.8 Å². The maximum absolute atomic E-state index is 11.8. The highest BCUT2D eigenvalue weighted by Crippen LogP contribution is 2.30. The van der Waals surface area contributed by atoms with E-state index in [0.717, 1.165) is 30.0 Å². The van der Waals surface area contributed by atoms with E-state index in [2.05, 4.69) is 17.6 Å². The molecular formula is C13H25ClN2OS. The molecule has 3 nitrogen and oxygen atoms in total. The number of amides is 1. The molecule has 1 unspecified atom stereocenters. The van der Waals surface area contributed by atoms with Gasteiger partial charge in [0.2, 0.25) is 5.91 Å². The minimum Gasteiger partial charge on any atom is -0.354 e. The van der Waals surface area contributed by atoms with Gasteiger partial charge in [0, 0.05) is 18.2 Å². The van der Waals surface area contributed by atoms with Crippen molar-refractivity contribution in [1.29, 1.82) is 0 Å². The van der Waals surface area contributed by atoms with Crippen LogP contribution in [0.15, 0.2) is 0 Å². The summed E-state index contributed by atoms with van der Waals surface area (Å²) in [6.45, 7) is 3.17. The van der Waals surface area contributed by atoms with E-state index in [-0.39, 0.29) is 24.4 Å². The summed E-state index contributed by atoms with van der Waals surface area (Å²) in [6.07, 6.45) is 6.63. The molecule has 2 aliphatic rings. The Kier molecular flexibility index (Phi) is 7.42. The van der Waals surface area contributed by atoms with E-state index in [1.54, 1.807) is 11.8 Å². The molecule has 1 amide bonds. The normalized spacial score (nSPS) is 31.7. The third-order valence-corrected chi connectivity index (χ3v) is 5.08. The molecule has 1 saturated heterocycles. The molecule has 1 atom stereocenters. The van der Waals surface area contributed by atoms with Crippen LogP contribution in [0.4, 0.5) is 0 Å². The molecular weight excluding hydrogens is 268 g/mol. The molecule has 0 aromatic heterocycles. The molecule has 0 spiro atoms. The molecule has 1 aliphatic heterocycles. The van der Waals surface area contributed by atoms with Crippen LogP contribution >= 0.6 is 24.2 Å². The Bertz CT molecular complexity index is 251. The number of hydrogen-bond acceptors (Lipinski definition) is 3. The third-order valence-electron chi connectivity index (χ3n) is 4.14. The van der Waals surface area contributed by atoms with Crippen LogP contribution in [0.1, 0.15) is 39.0 Å². The van der Waals surface area contributed by atoms with Crippen LogP contribution < -0.4 is 10.6 Å². The summed E-state index contributed by atoms with van der Waals surface area (Å²) >= 11 is 1.80. The topological polar surface area (TPSA) is 41.1 Å². The number of thioether (sulfide) groups is 1. The van der Waals surface area contributed by atoms with Crippen molar-refractivity contribution in [2.45, 2.75) is 45.1 Å². The Balaban J connectivity index is 0.00000162. The average molecular weight is 293 g/mol. The highest BCUT2D eigenvalue weighted by Gasteiger charge is 2.24. The predicted molar refractivity (Wildman–Crippen MR) is 80.2 cm³/mol. The van der Waals surface area contributed by atoms with Gasteiger partial charge in [-0.2, -0.15) is 0 Å². The van der Waals surface area contributed by atoms with E-state index >= 15 is 0 Å². The van der Waals surface area contributed by atoms with Gasteiger partial charge in [-0.3, -0.25) is 10.1 Å². The first-order chi connectivity index (χ1) is 8.29. The molecule has 1 saturated carbocycles. The van der Waals surface area contributed by atoms with Gasteiger partial charge in [-0.25, -0.2) is 0 Å². The standard InChI is InChI=1S/C13H24N2OS.ClH/c1-2-10-3-5-11(6-4-10)7-14-13(16)12-8-17-9-15-12;/h10-12,15H,2-9H2,1H3,(H,14,16);1H. The number of rotatable bonds is 4. The first-order valence-corrected chi connectivity index (χ1v) is 8.04. The van der Waals surface area contributed by atoms with Gasteiger partial charge in [-0.15, -0.1) is 24.2 Å². The van der Waals surface area contributed by atoms with E-state index in [0.29, 0.717) is 0 Å². The number of hydrogen-bond donors (Lipinski definition) is 2. The van der Waals surface area contributed by atoms with Crippen molar-refractivity contribution < 1.29 is 4.79 Å².